The zero-order valence-electron chi connectivity index (χ0n) is 11.1. The van der Waals surface area contributed by atoms with Crippen LogP contribution in [0.25, 0.3) is 0 Å². The van der Waals surface area contributed by atoms with Gasteiger partial charge >= 0.3 is 0 Å². The smallest absolute Gasteiger partial charge is 0.224 e. The summed E-state index contributed by atoms with van der Waals surface area (Å²) in [7, 11) is 0. The molecule has 1 heterocycles. The summed E-state index contributed by atoms with van der Waals surface area (Å²) in [5.41, 5.74) is 8.08. The van der Waals surface area contributed by atoms with E-state index >= 15 is 0 Å². The van der Waals surface area contributed by atoms with Crippen LogP contribution < -0.4 is 10.5 Å². The van der Waals surface area contributed by atoms with Gasteiger partial charge in [0.25, 0.3) is 0 Å². The molecule has 0 spiro atoms. The molecule has 4 heteroatoms. The van der Waals surface area contributed by atoms with Crippen LogP contribution in [0.2, 0.25) is 0 Å². The maximum atomic E-state index is 7.61. The minimum Gasteiger partial charge on any atom is -0.477 e. The third-order valence-electron chi connectivity index (χ3n) is 3.57. The quantitative estimate of drug-likeness (QED) is 0.620. The van der Waals surface area contributed by atoms with E-state index in [-0.39, 0.29) is 5.84 Å². The second-order valence-corrected chi connectivity index (χ2v) is 5.11. The molecule has 0 aromatic carbocycles. The fourth-order valence-electron chi connectivity index (χ4n) is 2.34. The molecule has 1 aromatic rings. The Kier molecular flexibility index (Phi) is 3.84. The number of amidine groups is 1. The average Bonchev–Trinajstić information content (AvgIpc) is 2.19. The first kappa shape index (κ1) is 12.9. The van der Waals surface area contributed by atoms with Gasteiger partial charge in [-0.1, -0.05) is 19.3 Å². The van der Waals surface area contributed by atoms with Crippen molar-refractivity contribution in [2.75, 3.05) is 6.61 Å². The van der Waals surface area contributed by atoms with Crippen LogP contribution in [-0.4, -0.2) is 17.4 Å². The van der Waals surface area contributed by atoms with Crippen molar-refractivity contribution in [1.29, 1.82) is 5.41 Å². The molecule has 1 aromatic heterocycles. The Morgan fingerprint density at radius 2 is 2.22 bits per heavy atom. The first-order valence-corrected chi connectivity index (χ1v) is 6.53. The summed E-state index contributed by atoms with van der Waals surface area (Å²) in [5.74, 6) is 1.36. The van der Waals surface area contributed by atoms with Crippen LogP contribution >= 0.6 is 0 Å². The molecule has 0 unspecified atom stereocenters. The number of nitrogens with one attached hydrogen (secondary N) is 1. The van der Waals surface area contributed by atoms with Gasteiger partial charge in [-0.25, -0.2) is 4.98 Å². The summed E-state index contributed by atoms with van der Waals surface area (Å²) in [6.07, 6.45) is 5.07. The van der Waals surface area contributed by atoms with Gasteiger partial charge in [-0.2, -0.15) is 0 Å². The minimum absolute atomic E-state index is 0.0265. The van der Waals surface area contributed by atoms with E-state index in [9.17, 15) is 0 Å². The summed E-state index contributed by atoms with van der Waals surface area (Å²) in [4.78, 5) is 4.35. The van der Waals surface area contributed by atoms with Gasteiger partial charge in [-0.15, -0.1) is 0 Å². The molecule has 3 N–H and O–H groups in total. The Bertz CT molecular complexity index is 453. The third-order valence-corrected chi connectivity index (χ3v) is 3.57. The van der Waals surface area contributed by atoms with Gasteiger partial charge in [-0.3, -0.25) is 5.41 Å². The predicted molar refractivity (Wildman–Crippen MR) is 72.2 cm³/mol. The van der Waals surface area contributed by atoms with Crippen molar-refractivity contribution in [3.63, 3.8) is 0 Å². The summed E-state index contributed by atoms with van der Waals surface area (Å²) >= 11 is 0. The number of nitrogens with zero attached hydrogens (tertiary/aromatic N) is 1. The van der Waals surface area contributed by atoms with Gasteiger partial charge in [0.1, 0.15) is 5.84 Å². The first-order valence-electron chi connectivity index (χ1n) is 6.53. The van der Waals surface area contributed by atoms with Gasteiger partial charge in [0, 0.05) is 5.69 Å². The van der Waals surface area contributed by atoms with Gasteiger partial charge < -0.3 is 10.5 Å². The van der Waals surface area contributed by atoms with Crippen LogP contribution in [0, 0.1) is 25.2 Å². The highest BCUT2D eigenvalue weighted by Crippen LogP contribution is 2.29. The minimum atomic E-state index is 0.0265. The van der Waals surface area contributed by atoms with Gasteiger partial charge in [0.15, 0.2) is 0 Å². The topological polar surface area (TPSA) is 72.0 Å². The van der Waals surface area contributed by atoms with Crippen molar-refractivity contribution in [3.05, 3.63) is 22.9 Å². The zero-order chi connectivity index (χ0) is 13.1. The molecule has 0 radical (unpaired) electrons. The lowest BCUT2D eigenvalue weighted by Gasteiger charge is -2.25. The van der Waals surface area contributed by atoms with Crippen molar-refractivity contribution < 1.29 is 4.74 Å². The van der Waals surface area contributed by atoms with Crippen LogP contribution in [0.4, 0.5) is 0 Å². The number of ether oxygens (including phenoxy) is 1. The molecule has 0 atom stereocenters. The van der Waals surface area contributed by atoms with E-state index < -0.39 is 0 Å². The van der Waals surface area contributed by atoms with E-state index in [1.807, 2.05) is 19.9 Å². The number of nitrogens with two attached hydrogens (primary N) is 1. The van der Waals surface area contributed by atoms with Crippen LogP contribution in [0.5, 0.6) is 5.88 Å². The molecule has 1 aliphatic rings. The molecule has 98 valence electrons. The lowest BCUT2D eigenvalue weighted by atomic mass is 9.83. The molecule has 2 rings (SSSR count). The number of hydrogen-bond acceptors (Lipinski definition) is 3. The highest BCUT2D eigenvalue weighted by molar-refractivity contribution is 5.98. The average molecular weight is 247 g/mol. The molecule has 1 aliphatic carbocycles. The SMILES string of the molecule is Cc1cc(C)c(C(=N)N)c(OCCC2CCC2)n1. The number of aryl methyl sites for hydroxylation is 2. The molecule has 0 bridgehead atoms. The molecule has 0 aliphatic heterocycles. The van der Waals surface area contributed by atoms with E-state index in [2.05, 4.69) is 4.98 Å². The van der Waals surface area contributed by atoms with Crippen molar-refractivity contribution >= 4 is 5.84 Å². The van der Waals surface area contributed by atoms with E-state index in [0.717, 1.165) is 23.6 Å². The lowest BCUT2D eigenvalue weighted by molar-refractivity contribution is 0.217. The van der Waals surface area contributed by atoms with Crippen LogP contribution in [0.15, 0.2) is 6.07 Å². The lowest BCUT2D eigenvalue weighted by Crippen LogP contribution is -2.18. The van der Waals surface area contributed by atoms with Crippen molar-refractivity contribution in [3.8, 4) is 5.88 Å². The maximum Gasteiger partial charge on any atom is 0.224 e. The normalized spacial score (nSPS) is 15.2. The molecular formula is C14H21N3O. The first-order chi connectivity index (χ1) is 8.58. The molecule has 1 fully saturated rings. The Labute approximate surface area is 108 Å². The number of pyridine rings is 1. The Balaban J connectivity index is 2.07. The Hall–Kier alpha value is -1.58. The molecule has 0 amide bonds. The second-order valence-electron chi connectivity index (χ2n) is 5.11. The fraction of sp³-hybridized carbons (Fsp3) is 0.571. The van der Waals surface area contributed by atoms with Crippen molar-refractivity contribution in [2.24, 2.45) is 11.7 Å². The summed E-state index contributed by atoms with van der Waals surface area (Å²) in [6, 6.07) is 1.93. The largest absolute Gasteiger partial charge is 0.477 e. The highest BCUT2D eigenvalue weighted by Gasteiger charge is 2.18. The van der Waals surface area contributed by atoms with E-state index in [0.29, 0.717) is 18.1 Å². The van der Waals surface area contributed by atoms with Gasteiger partial charge in [0.2, 0.25) is 5.88 Å². The summed E-state index contributed by atoms with van der Waals surface area (Å²) in [6.45, 7) is 4.53. The highest BCUT2D eigenvalue weighted by atomic mass is 16.5. The predicted octanol–water partition coefficient (Wildman–Crippen LogP) is 2.55. The molecule has 4 nitrogen and oxygen atoms in total. The second kappa shape index (κ2) is 5.38. The van der Waals surface area contributed by atoms with Gasteiger partial charge in [-0.05, 0) is 37.8 Å². The number of nitrogen functional groups attached to an aromatic ring is 1. The molecule has 1 saturated carbocycles. The third kappa shape index (κ3) is 2.81. The van der Waals surface area contributed by atoms with Crippen LogP contribution in [-0.2, 0) is 0 Å². The Morgan fingerprint density at radius 3 is 2.78 bits per heavy atom. The summed E-state index contributed by atoms with van der Waals surface area (Å²) < 4.78 is 5.73. The number of rotatable bonds is 5. The van der Waals surface area contributed by atoms with E-state index in [1.165, 1.54) is 19.3 Å². The van der Waals surface area contributed by atoms with Gasteiger partial charge in [0.05, 0.1) is 12.2 Å². The van der Waals surface area contributed by atoms with Crippen molar-refractivity contribution in [2.45, 2.75) is 39.5 Å². The van der Waals surface area contributed by atoms with E-state index in [4.69, 9.17) is 15.9 Å². The molecular weight excluding hydrogens is 226 g/mol. The number of hydrogen-bond donors (Lipinski definition) is 2. The molecule has 0 saturated heterocycles. The summed E-state index contributed by atoms with van der Waals surface area (Å²) in [5, 5.41) is 7.61. The fourth-order valence-corrected chi connectivity index (χ4v) is 2.34. The zero-order valence-corrected chi connectivity index (χ0v) is 11.1. The van der Waals surface area contributed by atoms with Crippen LogP contribution in [0.3, 0.4) is 0 Å². The van der Waals surface area contributed by atoms with Crippen LogP contribution in [0.1, 0.15) is 42.5 Å². The Morgan fingerprint density at radius 1 is 1.50 bits per heavy atom. The maximum absolute atomic E-state index is 7.61. The van der Waals surface area contributed by atoms with Crippen molar-refractivity contribution in [1.82, 2.24) is 4.98 Å². The van der Waals surface area contributed by atoms with E-state index in [1.54, 1.807) is 0 Å². The monoisotopic (exact) mass is 247 g/mol. The standard InChI is InChI=1S/C14H21N3O/c1-9-8-10(2)17-14(12(9)13(15)16)18-7-6-11-4-3-5-11/h8,11H,3-7H2,1-2H3,(H3,15,16). The molecule has 18 heavy (non-hydrogen) atoms. The number of aromatic nitrogens is 1.